The molecule has 1 aromatic carbocycles. The molecule has 0 bridgehead atoms. The van der Waals surface area contributed by atoms with E-state index in [0.29, 0.717) is 17.3 Å². The third-order valence-electron chi connectivity index (χ3n) is 5.15. The van der Waals surface area contributed by atoms with Crippen LogP contribution in [0.3, 0.4) is 0 Å². The van der Waals surface area contributed by atoms with E-state index in [1.165, 1.54) is 12.1 Å². The largest absolute Gasteiger partial charge is 0.350 e. The minimum Gasteiger partial charge on any atom is -0.350 e. The molecule has 2 heterocycles. The Morgan fingerprint density at radius 2 is 2.07 bits per heavy atom. The first kappa shape index (κ1) is 22.6. The van der Waals surface area contributed by atoms with E-state index in [2.05, 4.69) is 20.9 Å². The normalized spacial score (nSPS) is 15.2. The summed E-state index contributed by atoms with van der Waals surface area (Å²) in [5.41, 5.74) is 1.44. The number of piperidine rings is 1. The number of nitrogens with one attached hydrogen (secondary N) is 2. The highest BCUT2D eigenvalue weighted by molar-refractivity contribution is 6.31. The van der Waals surface area contributed by atoms with Gasteiger partial charge >= 0.3 is 0 Å². The number of carbonyl (C=O) groups excluding carboxylic acids is 1. The van der Waals surface area contributed by atoms with Crippen LogP contribution < -0.4 is 10.6 Å². The molecule has 0 saturated carbocycles. The number of carbonyl (C=O) groups is 1. The summed E-state index contributed by atoms with van der Waals surface area (Å²) in [6, 6.07) is 4.59. The molecule has 1 aliphatic rings. The van der Waals surface area contributed by atoms with Crippen LogP contribution in [0.1, 0.15) is 54.5 Å². The fourth-order valence-corrected chi connectivity index (χ4v) is 3.89. The number of rotatable bonds is 5. The van der Waals surface area contributed by atoms with E-state index in [-0.39, 0.29) is 30.2 Å². The molecule has 0 atom stereocenters. The van der Waals surface area contributed by atoms with Crippen LogP contribution in [0.25, 0.3) is 0 Å². The maximum atomic E-state index is 13.3. The summed E-state index contributed by atoms with van der Waals surface area (Å²) < 4.78 is 15.2. The highest BCUT2D eigenvalue weighted by atomic mass is 35.5. The van der Waals surface area contributed by atoms with Crippen molar-refractivity contribution in [1.82, 2.24) is 25.6 Å². The lowest BCUT2D eigenvalue weighted by molar-refractivity contribution is 0.0940. The molecule has 0 spiro atoms. The number of benzene rings is 1. The number of hydrogen-bond acceptors (Lipinski definition) is 4. The number of hydrogen-bond donors (Lipinski definition) is 2. The van der Waals surface area contributed by atoms with E-state index in [4.69, 9.17) is 11.6 Å². The van der Waals surface area contributed by atoms with E-state index < -0.39 is 5.41 Å². The second-order valence-corrected chi connectivity index (χ2v) is 8.05. The van der Waals surface area contributed by atoms with Crippen LogP contribution in [0.5, 0.6) is 0 Å². The van der Waals surface area contributed by atoms with Crippen molar-refractivity contribution in [3.05, 3.63) is 46.0 Å². The van der Waals surface area contributed by atoms with E-state index in [9.17, 15) is 9.18 Å². The van der Waals surface area contributed by atoms with Crippen LogP contribution >= 0.6 is 24.0 Å². The van der Waals surface area contributed by atoms with Gasteiger partial charge in [0.2, 0.25) is 0 Å². The molecule has 2 N–H and O–H groups in total. The molecular weight excluding hydrogens is 404 g/mol. The Balaban J connectivity index is 0.00000280. The topological polar surface area (TPSA) is 71.8 Å². The molecule has 0 aliphatic carbocycles. The molecular formula is C19H26Cl2FN5O. The predicted octanol–water partition coefficient (Wildman–Crippen LogP) is 3.43. The molecule has 2 aromatic rings. The van der Waals surface area contributed by atoms with Crippen molar-refractivity contribution in [1.29, 1.82) is 0 Å². The number of aromatic nitrogens is 3. The van der Waals surface area contributed by atoms with Gasteiger partial charge in [0.1, 0.15) is 5.82 Å². The molecule has 1 amide bonds. The Labute approximate surface area is 175 Å². The van der Waals surface area contributed by atoms with Gasteiger partial charge in [-0.05, 0) is 50.6 Å². The molecule has 154 valence electrons. The standard InChI is InChI=1S/C19H25ClFN5O.ClH/c1-12-17(24-25-26(12)14-6-8-22-9-7-14)18(27)23-11-19(2,3)15-5-4-13(21)10-16(15)20;/h4-5,10,14,22H,6-9,11H2,1-3H3,(H,23,27);1H. The quantitative estimate of drug-likeness (QED) is 0.763. The number of amides is 1. The van der Waals surface area contributed by atoms with Gasteiger partial charge in [0, 0.05) is 17.0 Å². The minimum atomic E-state index is -0.459. The molecule has 1 aliphatic heterocycles. The summed E-state index contributed by atoms with van der Waals surface area (Å²) in [4.78, 5) is 12.6. The first-order chi connectivity index (χ1) is 12.8. The van der Waals surface area contributed by atoms with Crippen molar-refractivity contribution in [2.75, 3.05) is 19.6 Å². The third-order valence-corrected chi connectivity index (χ3v) is 5.46. The van der Waals surface area contributed by atoms with Crippen LogP contribution in [0.15, 0.2) is 18.2 Å². The Morgan fingerprint density at radius 1 is 1.39 bits per heavy atom. The highest BCUT2D eigenvalue weighted by Gasteiger charge is 2.27. The Kier molecular flexibility index (Phi) is 7.42. The fourth-order valence-electron chi connectivity index (χ4n) is 3.47. The molecule has 1 fully saturated rings. The van der Waals surface area contributed by atoms with Gasteiger partial charge in [-0.1, -0.05) is 36.7 Å². The SMILES string of the molecule is Cc1c(C(=O)NCC(C)(C)c2ccc(F)cc2Cl)nnn1C1CCNCC1.Cl. The van der Waals surface area contributed by atoms with Gasteiger partial charge in [-0.3, -0.25) is 4.79 Å². The zero-order chi connectivity index (χ0) is 19.6. The second-order valence-electron chi connectivity index (χ2n) is 7.64. The van der Waals surface area contributed by atoms with Crippen molar-refractivity contribution in [2.45, 2.75) is 45.1 Å². The van der Waals surface area contributed by atoms with Crippen LogP contribution in [0, 0.1) is 12.7 Å². The lowest BCUT2D eigenvalue weighted by Gasteiger charge is -2.26. The lowest BCUT2D eigenvalue weighted by atomic mass is 9.84. The van der Waals surface area contributed by atoms with Crippen molar-refractivity contribution in [3.63, 3.8) is 0 Å². The summed E-state index contributed by atoms with van der Waals surface area (Å²) in [6.07, 6.45) is 1.95. The lowest BCUT2D eigenvalue weighted by Crippen LogP contribution is -2.37. The molecule has 1 aromatic heterocycles. The molecule has 1 saturated heterocycles. The zero-order valence-electron chi connectivity index (χ0n) is 16.3. The second kappa shape index (κ2) is 9.20. The average molecular weight is 430 g/mol. The molecule has 28 heavy (non-hydrogen) atoms. The van der Waals surface area contributed by atoms with Crippen LogP contribution in [0.2, 0.25) is 5.02 Å². The van der Waals surface area contributed by atoms with Crippen molar-refractivity contribution < 1.29 is 9.18 Å². The number of halogens is 3. The minimum absolute atomic E-state index is 0. The highest BCUT2D eigenvalue weighted by Crippen LogP contribution is 2.30. The first-order valence-corrected chi connectivity index (χ1v) is 9.53. The van der Waals surface area contributed by atoms with Crippen LogP contribution in [0.4, 0.5) is 4.39 Å². The summed E-state index contributed by atoms with van der Waals surface area (Å²) in [5, 5.41) is 14.9. The van der Waals surface area contributed by atoms with Gasteiger partial charge < -0.3 is 10.6 Å². The third kappa shape index (κ3) is 4.82. The fraction of sp³-hybridized carbons (Fsp3) is 0.526. The molecule has 9 heteroatoms. The Hall–Kier alpha value is -1.70. The maximum Gasteiger partial charge on any atom is 0.273 e. The van der Waals surface area contributed by atoms with E-state index >= 15 is 0 Å². The van der Waals surface area contributed by atoms with Crippen LogP contribution in [-0.2, 0) is 5.41 Å². The summed E-state index contributed by atoms with van der Waals surface area (Å²) in [5.74, 6) is -0.646. The Bertz CT molecular complexity index is 834. The molecule has 3 rings (SSSR count). The Morgan fingerprint density at radius 3 is 2.71 bits per heavy atom. The van der Waals surface area contributed by atoms with Crippen molar-refractivity contribution in [3.8, 4) is 0 Å². The van der Waals surface area contributed by atoms with Crippen LogP contribution in [-0.4, -0.2) is 40.5 Å². The van der Waals surface area contributed by atoms with E-state index in [1.807, 2.05) is 25.5 Å². The van der Waals surface area contributed by atoms with Crippen molar-refractivity contribution >= 4 is 29.9 Å². The zero-order valence-corrected chi connectivity index (χ0v) is 17.8. The maximum absolute atomic E-state index is 13.3. The first-order valence-electron chi connectivity index (χ1n) is 9.16. The molecule has 6 nitrogen and oxygen atoms in total. The van der Waals surface area contributed by atoms with Gasteiger partial charge in [0.25, 0.3) is 5.91 Å². The van der Waals surface area contributed by atoms with E-state index in [1.54, 1.807) is 6.07 Å². The summed E-state index contributed by atoms with van der Waals surface area (Å²) in [6.45, 7) is 8.00. The van der Waals surface area contributed by atoms with Gasteiger partial charge in [0.05, 0.1) is 11.7 Å². The van der Waals surface area contributed by atoms with Gasteiger partial charge in [-0.25, -0.2) is 9.07 Å². The molecule has 0 unspecified atom stereocenters. The smallest absolute Gasteiger partial charge is 0.273 e. The number of nitrogens with zero attached hydrogens (tertiary/aromatic N) is 3. The summed E-state index contributed by atoms with van der Waals surface area (Å²) in [7, 11) is 0. The van der Waals surface area contributed by atoms with E-state index in [0.717, 1.165) is 37.2 Å². The average Bonchev–Trinajstić information content (AvgIpc) is 3.02. The van der Waals surface area contributed by atoms with Crippen molar-refractivity contribution in [2.24, 2.45) is 0 Å². The van der Waals surface area contributed by atoms with Gasteiger partial charge in [-0.15, -0.1) is 17.5 Å². The van der Waals surface area contributed by atoms with Gasteiger partial charge in [-0.2, -0.15) is 0 Å². The summed E-state index contributed by atoms with van der Waals surface area (Å²) >= 11 is 6.18. The monoisotopic (exact) mass is 429 g/mol. The molecule has 0 radical (unpaired) electrons. The van der Waals surface area contributed by atoms with Gasteiger partial charge in [0.15, 0.2) is 5.69 Å². The predicted molar refractivity (Wildman–Crippen MR) is 110 cm³/mol.